The van der Waals surface area contributed by atoms with E-state index in [0.29, 0.717) is 12.3 Å². The third-order valence-electron chi connectivity index (χ3n) is 2.84. The molecule has 0 atom stereocenters. The van der Waals surface area contributed by atoms with E-state index < -0.39 is 11.7 Å². The van der Waals surface area contributed by atoms with E-state index in [4.69, 9.17) is 4.42 Å². The maximum atomic E-state index is 12.9. The molecule has 0 spiro atoms. The van der Waals surface area contributed by atoms with Crippen molar-refractivity contribution in [2.24, 2.45) is 0 Å². The van der Waals surface area contributed by atoms with Gasteiger partial charge >= 0.3 is 6.18 Å². The van der Waals surface area contributed by atoms with E-state index in [0.717, 1.165) is 6.07 Å². The van der Waals surface area contributed by atoms with Crippen molar-refractivity contribution in [1.82, 2.24) is 5.32 Å². The number of hydrogen-bond donors (Lipinski definition) is 1. The third-order valence-corrected chi connectivity index (χ3v) is 2.84. The lowest BCUT2D eigenvalue weighted by Crippen LogP contribution is -2.21. The lowest BCUT2D eigenvalue weighted by molar-refractivity contribution is -0.137. The predicted molar refractivity (Wildman–Crippen MR) is 71.1 cm³/mol. The monoisotopic (exact) mass is 283 g/mol. The molecule has 0 aliphatic carbocycles. The molecule has 0 fully saturated rings. The summed E-state index contributed by atoms with van der Waals surface area (Å²) < 4.78 is 44.3. The highest BCUT2D eigenvalue weighted by atomic mass is 19.4. The number of alkyl halides is 3. The van der Waals surface area contributed by atoms with Gasteiger partial charge in [-0.2, -0.15) is 13.2 Å². The molecule has 0 saturated heterocycles. The van der Waals surface area contributed by atoms with Crippen molar-refractivity contribution in [2.45, 2.75) is 32.6 Å². The van der Waals surface area contributed by atoms with Crippen molar-refractivity contribution < 1.29 is 17.6 Å². The summed E-state index contributed by atoms with van der Waals surface area (Å²) in [4.78, 5) is 0. The van der Waals surface area contributed by atoms with Gasteiger partial charge in [0.15, 0.2) is 0 Å². The van der Waals surface area contributed by atoms with Gasteiger partial charge in [-0.1, -0.05) is 32.0 Å². The number of benzene rings is 1. The second kappa shape index (κ2) is 5.71. The van der Waals surface area contributed by atoms with Gasteiger partial charge in [0, 0.05) is 11.6 Å². The molecule has 20 heavy (non-hydrogen) atoms. The molecule has 1 aromatic carbocycles. The Labute approximate surface area is 115 Å². The topological polar surface area (TPSA) is 25.2 Å². The molecule has 1 N–H and O–H groups in total. The van der Waals surface area contributed by atoms with Gasteiger partial charge in [-0.3, -0.25) is 0 Å². The highest BCUT2D eigenvalue weighted by molar-refractivity contribution is 5.63. The van der Waals surface area contributed by atoms with Crippen molar-refractivity contribution in [2.75, 3.05) is 0 Å². The Kier molecular flexibility index (Phi) is 4.18. The van der Waals surface area contributed by atoms with Crippen molar-refractivity contribution in [1.29, 1.82) is 0 Å². The summed E-state index contributed by atoms with van der Waals surface area (Å²) in [6.07, 6.45) is -4.39. The molecule has 2 rings (SSSR count). The summed E-state index contributed by atoms with van der Waals surface area (Å²) in [5.74, 6) is 0.851. The Bertz CT molecular complexity index is 572. The van der Waals surface area contributed by atoms with Crippen LogP contribution in [0, 0.1) is 0 Å². The standard InChI is InChI=1S/C15H16F3NO/c1-10(2)19-9-11-7-8-14(20-11)12-5-3-4-6-13(12)15(16,17)18/h3-8,10,19H,9H2,1-2H3. The van der Waals surface area contributed by atoms with E-state index in [9.17, 15) is 13.2 Å². The largest absolute Gasteiger partial charge is 0.460 e. The Morgan fingerprint density at radius 1 is 1.10 bits per heavy atom. The van der Waals surface area contributed by atoms with E-state index in [-0.39, 0.29) is 17.4 Å². The van der Waals surface area contributed by atoms with Crippen LogP contribution in [0.5, 0.6) is 0 Å². The quantitative estimate of drug-likeness (QED) is 0.896. The van der Waals surface area contributed by atoms with Gasteiger partial charge < -0.3 is 9.73 Å². The maximum absolute atomic E-state index is 12.9. The SMILES string of the molecule is CC(C)NCc1ccc(-c2ccccc2C(F)(F)F)o1. The van der Waals surface area contributed by atoms with E-state index in [2.05, 4.69) is 5.32 Å². The van der Waals surface area contributed by atoms with Crippen LogP contribution in [0.1, 0.15) is 25.2 Å². The summed E-state index contributed by atoms with van der Waals surface area (Å²) in [6, 6.07) is 8.96. The predicted octanol–water partition coefficient (Wildman–Crippen LogP) is 4.46. The fraction of sp³-hybridized carbons (Fsp3) is 0.333. The van der Waals surface area contributed by atoms with Crippen molar-refractivity contribution in [3.63, 3.8) is 0 Å². The molecule has 0 aliphatic heterocycles. The fourth-order valence-corrected chi connectivity index (χ4v) is 1.87. The van der Waals surface area contributed by atoms with Gasteiger partial charge in [-0.15, -0.1) is 0 Å². The molecule has 108 valence electrons. The van der Waals surface area contributed by atoms with Gasteiger partial charge in [0.25, 0.3) is 0 Å². The molecule has 0 aliphatic rings. The third kappa shape index (κ3) is 3.42. The minimum atomic E-state index is -4.39. The Morgan fingerprint density at radius 2 is 1.80 bits per heavy atom. The summed E-state index contributed by atoms with van der Waals surface area (Å²) in [6.45, 7) is 4.47. The van der Waals surface area contributed by atoms with Crippen LogP contribution in [-0.2, 0) is 12.7 Å². The smallest absolute Gasteiger partial charge is 0.417 e. The lowest BCUT2D eigenvalue weighted by Gasteiger charge is -2.10. The summed E-state index contributed by atoms with van der Waals surface area (Å²) >= 11 is 0. The van der Waals surface area contributed by atoms with E-state index in [1.807, 2.05) is 13.8 Å². The number of rotatable bonds is 4. The van der Waals surface area contributed by atoms with Gasteiger partial charge in [0.1, 0.15) is 11.5 Å². The number of halogens is 3. The van der Waals surface area contributed by atoms with Crippen molar-refractivity contribution in [3.05, 3.63) is 47.7 Å². The second-order valence-corrected chi connectivity index (χ2v) is 4.84. The Hall–Kier alpha value is -1.75. The molecular weight excluding hydrogens is 267 g/mol. The molecule has 0 bridgehead atoms. The van der Waals surface area contributed by atoms with Crippen LogP contribution in [-0.4, -0.2) is 6.04 Å². The molecule has 1 aromatic heterocycles. The van der Waals surface area contributed by atoms with Crippen molar-refractivity contribution >= 4 is 0 Å². The molecule has 0 amide bonds. The van der Waals surface area contributed by atoms with Crippen molar-refractivity contribution in [3.8, 4) is 11.3 Å². The zero-order chi connectivity index (χ0) is 14.8. The van der Waals surface area contributed by atoms with E-state index in [1.54, 1.807) is 18.2 Å². The highest BCUT2D eigenvalue weighted by Crippen LogP contribution is 2.37. The van der Waals surface area contributed by atoms with Crippen LogP contribution in [0.4, 0.5) is 13.2 Å². The normalized spacial score (nSPS) is 12.1. The number of nitrogens with one attached hydrogen (secondary N) is 1. The Balaban J connectivity index is 2.29. The number of furan rings is 1. The number of hydrogen-bond acceptors (Lipinski definition) is 2. The van der Waals surface area contributed by atoms with Crippen LogP contribution in [0.15, 0.2) is 40.8 Å². The van der Waals surface area contributed by atoms with Gasteiger partial charge in [0.2, 0.25) is 0 Å². The van der Waals surface area contributed by atoms with E-state index >= 15 is 0 Å². The van der Waals surface area contributed by atoms with Crippen LogP contribution < -0.4 is 5.32 Å². The van der Waals surface area contributed by atoms with Crippen LogP contribution in [0.2, 0.25) is 0 Å². The summed E-state index contributed by atoms with van der Waals surface area (Å²) in [7, 11) is 0. The zero-order valence-corrected chi connectivity index (χ0v) is 11.3. The summed E-state index contributed by atoms with van der Waals surface area (Å²) in [5.41, 5.74) is -0.617. The first kappa shape index (κ1) is 14.7. The molecule has 0 unspecified atom stereocenters. The first-order valence-electron chi connectivity index (χ1n) is 6.36. The minimum Gasteiger partial charge on any atom is -0.460 e. The van der Waals surface area contributed by atoms with Crippen LogP contribution in [0.3, 0.4) is 0 Å². The highest BCUT2D eigenvalue weighted by Gasteiger charge is 2.34. The molecule has 0 radical (unpaired) electrons. The minimum absolute atomic E-state index is 0.0656. The average Bonchev–Trinajstić information content (AvgIpc) is 2.84. The van der Waals surface area contributed by atoms with E-state index in [1.165, 1.54) is 12.1 Å². The maximum Gasteiger partial charge on any atom is 0.417 e. The van der Waals surface area contributed by atoms with Gasteiger partial charge in [-0.25, -0.2) is 0 Å². The first-order valence-corrected chi connectivity index (χ1v) is 6.36. The first-order chi connectivity index (χ1) is 9.38. The molecule has 1 heterocycles. The fourth-order valence-electron chi connectivity index (χ4n) is 1.87. The molecule has 2 aromatic rings. The summed E-state index contributed by atoms with van der Waals surface area (Å²) in [5, 5.41) is 3.16. The molecule has 0 saturated carbocycles. The molecule has 5 heteroatoms. The van der Waals surface area contributed by atoms with Gasteiger partial charge in [0.05, 0.1) is 12.1 Å². The molecular formula is C15H16F3NO. The van der Waals surface area contributed by atoms with Crippen LogP contribution >= 0.6 is 0 Å². The Morgan fingerprint density at radius 3 is 2.45 bits per heavy atom. The zero-order valence-electron chi connectivity index (χ0n) is 11.3. The van der Waals surface area contributed by atoms with Crippen LogP contribution in [0.25, 0.3) is 11.3 Å². The average molecular weight is 283 g/mol. The van der Waals surface area contributed by atoms with Gasteiger partial charge in [-0.05, 0) is 18.2 Å². The molecule has 2 nitrogen and oxygen atoms in total. The second-order valence-electron chi connectivity index (χ2n) is 4.84. The lowest BCUT2D eigenvalue weighted by atomic mass is 10.1.